The molecule has 5 nitrogen and oxygen atoms in total. The first-order chi connectivity index (χ1) is 11.0. The average molecular weight is 326 g/mol. The fourth-order valence-corrected chi connectivity index (χ4v) is 2.64. The highest BCUT2D eigenvalue weighted by atomic mass is 16.6. The summed E-state index contributed by atoms with van der Waals surface area (Å²) in [6.07, 6.45) is 7.84. The van der Waals surface area contributed by atoms with Gasteiger partial charge in [-0.3, -0.25) is 9.59 Å². The SMILES string of the molecule is CC(C)CC(=O)OC1CCCCCCCCCCOC(=O)C1=O. The van der Waals surface area contributed by atoms with E-state index in [1.165, 1.54) is 12.8 Å². The van der Waals surface area contributed by atoms with Crippen molar-refractivity contribution in [3.05, 3.63) is 0 Å². The molecular weight excluding hydrogens is 296 g/mol. The van der Waals surface area contributed by atoms with Gasteiger partial charge in [-0.25, -0.2) is 4.79 Å². The summed E-state index contributed by atoms with van der Waals surface area (Å²) in [6.45, 7) is 4.08. The van der Waals surface area contributed by atoms with E-state index in [2.05, 4.69) is 0 Å². The summed E-state index contributed by atoms with van der Waals surface area (Å²) in [4.78, 5) is 35.8. The second-order valence-corrected chi connectivity index (χ2v) is 6.69. The number of ether oxygens (including phenoxy) is 2. The highest BCUT2D eigenvalue weighted by Crippen LogP contribution is 2.15. The molecule has 1 saturated heterocycles. The van der Waals surface area contributed by atoms with Crippen LogP contribution in [0.3, 0.4) is 0 Å². The minimum Gasteiger partial charge on any atom is -0.460 e. The number of cyclic esters (lactones) is 1. The largest absolute Gasteiger partial charge is 0.460 e. The van der Waals surface area contributed by atoms with Crippen LogP contribution in [0.15, 0.2) is 0 Å². The molecule has 0 aromatic carbocycles. The Labute approximate surface area is 139 Å². The van der Waals surface area contributed by atoms with Gasteiger partial charge in [-0.15, -0.1) is 0 Å². The maximum Gasteiger partial charge on any atom is 0.378 e. The van der Waals surface area contributed by atoms with Crippen molar-refractivity contribution in [3.8, 4) is 0 Å². The lowest BCUT2D eigenvalue weighted by atomic mass is 10.0. The molecule has 0 N–H and O–H groups in total. The van der Waals surface area contributed by atoms with E-state index >= 15 is 0 Å². The lowest BCUT2D eigenvalue weighted by molar-refractivity contribution is -0.165. The molecule has 0 amide bonds. The first kappa shape index (κ1) is 19.7. The van der Waals surface area contributed by atoms with Crippen LogP contribution < -0.4 is 0 Å². The molecule has 1 rings (SSSR count). The standard InChI is InChI=1S/C18H30O5/c1-14(2)13-16(19)23-15-11-9-7-5-3-4-6-8-10-12-22-18(21)17(15)20/h14-15H,3-13H2,1-2H3. The summed E-state index contributed by atoms with van der Waals surface area (Å²) in [6, 6.07) is 0. The number of rotatable bonds is 3. The number of ketones is 1. The van der Waals surface area contributed by atoms with Crippen molar-refractivity contribution >= 4 is 17.7 Å². The zero-order chi connectivity index (χ0) is 17.1. The second-order valence-electron chi connectivity index (χ2n) is 6.69. The summed E-state index contributed by atoms with van der Waals surface area (Å²) in [5, 5.41) is 0. The summed E-state index contributed by atoms with van der Waals surface area (Å²) in [5.74, 6) is -1.86. The van der Waals surface area contributed by atoms with Crippen LogP contribution in [0.25, 0.3) is 0 Å². The molecule has 1 aliphatic heterocycles. The topological polar surface area (TPSA) is 69.7 Å². The lowest BCUT2D eigenvalue weighted by Crippen LogP contribution is -2.34. The van der Waals surface area contributed by atoms with E-state index in [0.29, 0.717) is 6.42 Å². The van der Waals surface area contributed by atoms with Gasteiger partial charge in [-0.05, 0) is 25.2 Å². The molecule has 5 heteroatoms. The number of esters is 2. The number of carbonyl (C=O) groups excluding carboxylic acids is 3. The Morgan fingerprint density at radius 1 is 1.04 bits per heavy atom. The quantitative estimate of drug-likeness (QED) is 0.585. The number of Topliss-reactive ketones (excluding diaryl/α,β-unsaturated/α-hetero) is 1. The van der Waals surface area contributed by atoms with Crippen LogP contribution in [-0.2, 0) is 23.9 Å². The van der Waals surface area contributed by atoms with Gasteiger partial charge in [-0.2, -0.15) is 0 Å². The molecule has 0 aromatic rings. The van der Waals surface area contributed by atoms with Crippen molar-refractivity contribution in [1.29, 1.82) is 0 Å². The molecular formula is C18H30O5. The van der Waals surface area contributed by atoms with Gasteiger partial charge in [-0.1, -0.05) is 52.4 Å². The van der Waals surface area contributed by atoms with Crippen LogP contribution >= 0.6 is 0 Å². The molecule has 0 saturated carbocycles. The summed E-state index contributed by atoms with van der Waals surface area (Å²) in [5.41, 5.74) is 0. The maximum absolute atomic E-state index is 12.2. The molecule has 1 unspecified atom stereocenters. The number of hydrogen-bond acceptors (Lipinski definition) is 5. The van der Waals surface area contributed by atoms with Crippen molar-refractivity contribution in [1.82, 2.24) is 0 Å². The Morgan fingerprint density at radius 2 is 1.61 bits per heavy atom. The maximum atomic E-state index is 12.2. The van der Waals surface area contributed by atoms with Gasteiger partial charge in [0.05, 0.1) is 6.61 Å². The van der Waals surface area contributed by atoms with E-state index in [9.17, 15) is 14.4 Å². The highest BCUT2D eigenvalue weighted by molar-refractivity contribution is 6.35. The van der Waals surface area contributed by atoms with Crippen LogP contribution in [0.5, 0.6) is 0 Å². The Balaban J connectivity index is 2.61. The summed E-state index contributed by atoms with van der Waals surface area (Å²) in [7, 11) is 0. The monoisotopic (exact) mass is 326 g/mol. The van der Waals surface area contributed by atoms with E-state index in [4.69, 9.17) is 9.47 Å². The molecule has 23 heavy (non-hydrogen) atoms. The van der Waals surface area contributed by atoms with Gasteiger partial charge >= 0.3 is 11.9 Å². The summed E-state index contributed by atoms with van der Waals surface area (Å²) >= 11 is 0. The number of hydrogen-bond donors (Lipinski definition) is 0. The van der Waals surface area contributed by atoms with Crippen molar-refractivity contribution in [2.45, 2.75) is 84.2 Å². The Hall–Kier alpha value is -1.39. The molecule has 132 valence electrons. The number of carbonyl (C=O) groups is 3. The van der Waals surface area contributed by atoms with Crippen LogP contribution in [0.1, 0.15) is 78.1 Å². The van der Waals surface area contributed by atoms with Crippen molar-refractivity contribution < 1.29 is 23.9 Å². The Kier molecular flexibility index (Phi) is 9.57. The molecule has 1 fully saturated rings. The predicted octanol–water partition coefficient (Wildman–Crippen LogP) is 3.58. The van der Waals surface area contributed by atoms with Crippen LogP contribution in [-0.4, -0.2) is 30.4 Å². The normalized spacial score (nSPS) is 22.3. The van der Waals surface area contributed by atoms with Gasteiger partial charge in [0, 0.05) is 6.42 Å². The fraction of sp³-hybridized carbons (Fsp3) is 0.833. The van der Waals surface area contributed by atoms with Crippen molar-refractivity contribution in [2.75, 3.05) is 6.61 Å². The minimum absolute atomic E-state index is 0.156. The zero-order valence-electron chi connectivity index (χ0n) is 14.5. The fourth-order valence-electron chi connectivity index (χ4n) is 2.64. The van der Waals surface area contributed by atoms with E-state index in [1.54, 1.807) is 0 Å². The average Bonchev–Trinajstić information content (AvgIpc) is 2.48. The van der Waals surface area contributed by atoms with E-state index < -0.39 is 23.8 Å². The third kappa shape index (κ3) is 8.72. The smallest absolute Gasteiger partial charge is 0.378 e. The third-order valence-corrected chi connectivity index (χ3v) is 3.94. The predicted molar refractivity (Wildman–Crippen MR) is 86.9 cm³/mol. The van der Waals surface area contributed by atoms with E-state index in [0.717, 1.165) is 38.5 Å². The van der Waals surface area contributed by atoms with Crippen LogP contribution in [0, 0.1) is 5.92 Å². The first-order valence-electron chi connectivity index (χ1n) is 8.91. The lowest BCUT2D eigenvalue weighted by Gasteiger charge is -2.17. The third-order valence-electron chi connectivity index (χ3n) is 3.94. The highest BCUT2D eigenvalue weighted by Gasteiger charge is 2.30. The van der Waals surface area contributed by atoms with Gasteiger partial charge in [0.15, 0.2) is 6.10 Å². The van der Waals surface area contributed by atoms with Crippen LogP contribution in [0.2, 0.25) is 0 Å². The summed E-state index contributed by atoms with van der Waals surface area (Å²) < 4.78 is 10.3. The Bertz CT molecular complexity index is 389. The molecule has 1 atom stereocenters. The van der Waals surface area contributed by atoms with Crippen molar-refractivity contribution in [3.63, 3.8) is 0 Å². The zero-order valence-corrected chi connectivity index (χ0v) is 14.5. The van der Waals surface area contributed by atoms with Gasteiger partial charge in [0.2, 0.25) is 0 Å². The molecule has 1 heterocycles. The van der Waals surface area contributed by atoms with E-state index in [-0.39, 0.29) is 18.9 Å². The molecule has 1 aliphatic rings. The van der Waals surface area contributed by atoms with Gasteiger partial charge in [0.1, 0.15) is 0 Å². The molecule has 0 aromatic heterocycles. The first-order valence-corrected chi connectivity index (χ1v) is 8.91. The van der Waals surface area contributed by atoms with Gasteiger partial charge < -0.3 is 9.47 Å². The molecule has 0 radical (unpaired) electrons. The van der Waals surface area contributed by atoms with Gasteiger partial charge in [0.25, 0.3) is 5.78 Å². The van der Waals surface area contributed by atoms with E-state index in [1.807, 2.05) is 13.8 Å². The van der Waals surface area contributed by atoms with Crippen LogP contribution in [0.4, 0.5) is 0 Å². The minimum atomic E-state index is -0.989. The Morgan fingerprint density at radius 3 is 2.22 bits per heavy atom. The second kappa shape index (κ2) is 11.2. The van der Waals surface area contributed by atoms with Crippen molar-refractivity contribution in [2.24, 2.45) is 5.92 Å². The molecule has 0 aliphatic carbocycles. The molecule has 0 spiro atoms. The molecule has 0 bridgehead atoms.